The fraction of sp³-hybridized carbons (Fsp3) is 0.435. The number of nitrogens with one attached hydrogen (secondary N) is 1. The average Bonchev–Trinajstić information content (AvgIpc) is 2.79. The van der Waals surface area contributed by atoms with Crippen LogP contribution in [0.1, 0.15) is 31.7 Å². The van der Waals surface area contributed by atoms with Gasteiger partial charge in [0.15, 0.2) is 0 Å². The molecule has 0 fully saturated rings. The number of nitro groups is 1. The zero-order chi connectivity index (χ0) is 25.1. The molecule has 34 heavy (non-hydrogen) atoms. The molecule has 0 aromatic heterocycles. The number of anilines is 1. The van der Waals surface area contributed by atoms with Gasteiger partial charge in [-0.25, -0.2) is 8.42 Å². The van der Waals surface area contributed by atoms with E-state index in [1.165, 1.54) is 24.8 Å². The molecule has 2 rings (SSSR count). The molecule has 0 spiro atoms. The number of amides is 1. The molecule has 0 saturated heterocycles. The monoisotopic (exact) mass is 493 g/mol. The number of methoxy groups -OCH3 is 1. The van der Waals surface area contributed by atoms with E-state index in [1.807, 2.05) is 24.3 Å². The molecule has 0 aliphatic rings. The Bertz CT molecular complexity index is 1070. The molecule has 1 amide bonds. The standard InChI is InChI=1S/C23H31N3O7S/c1-4-6-18-8-11-20(12-9-18)33-16-14-24-23(27)7-5-15-25(34(3,30)31)21-17-19(26(28)29)10-13-22(21)32-2/h8-13,17H,4-7,14-16H2,1-3H3,(H,24,27). The zero-order valence-electron chi connectivity index (χ0n) is 19.7. The molecular weight excluding hydrogens is 462 g/mol. The summed E-state index contributed by atoms with van der Waals surface area (Å²) in [6, 6.07) is 11.5. The minimum Gasteiger partial charge on any atom is -0.495 e. The van der Waals surface area contributed by atoms with Gasteiger partial charge in [-0.1, -0.05) is 25.5 Å². The maximum Gasteiger partial charge on any atom is 0.271 e. The first kappa shape index (κ1) is 26.9. The largest absolute Gasteiger partial charge is 0.495 e. The van der Waals surface area contributed by atoms with Gasteiger partial charge < -0.3 is 14.8 Å². The zero-order valence-corrected chi connectivity index (χ0v) is 20.5. The van der Waals surface area contributed by atoms with E-state index >= 15 is 0 Å². The topological polar surface area (TPSA) is 128 Å². The number of rotatable bonds is 14. The maximum absolute atomic E-state index is 12.3. The highest BCUT2D eigenvalue weighted by molar-refractivity contribution is 7.92. The van der Waals surface area contributed by atoms with E-state index in [0.717, 1.165) is 35.2 Å². The van der Waals surface area contributed by atoms with Crippen LogP contribution in [0.4, 0.5) is 11.4 Å². The van der Waals surface area contributed by atoms with E-state index in [4.69, 9.17) is 9.47 Å². The van der Waals surface area contributed by atoms with Gasteiger partial charge in [0.05, 0.1) is 24.8 Å². The normalized spacial score (nSPS) is 11.0. The first-order valence-corrected chi connectivity index (χ1v) is 12.8. The molecule has 186 valence electrons. The quantitative estimate of drug-likeness (QED) is 0.243. The van der Waals surface area contributed by atoms with Crippen molar-refractivity contribution in [2.75, 3.05) is 37.4 Å². The Morgan fingerprint density at radius 2 is 1.88 bits per heavy atom. The van der Waals surface area contributed by atoms with Gasteiger partial charge in [0.2, 0.25) is 15.9 Å². The molecule has 2 aromatic carbocycles. The third kappa shape index (κ3) is 8.22. The van der Waals surface area contributed by atoms with Crippen molar-refractivity contribution in [3.05, 3.63) is 58.1 Å². The van der Waals surface area contributed by atoms with Gasteiger partial charge in [0.25, 0.3) is 5.69 Å². The van der Waals surface area contributed by atoms with Gasteiger partial charge >= 0.3 is 0 Å². The van der Waals surface area contributed by atoms with E-state index in [2.05, 4.69) is 12.2 Å². The number of benzene rings is 2. The fourth-order valence-electron chi connectivity index (χ4n) is 3.32. The first-order chi connectivity index (χ1) is 16.2. The number of ether oxygens (including phenoxy) is 2. The van der Waals surface area contributed by atoms with Crippen LogP contribution in [-0.2, 0) is 21.2 Å². The molecule has 0 aliphatic heterocycles. The lowest BCUT2D eigenvalue weighted by Gasteiger charge is -2.24. The van der Waals surface area contributed by atoms with Gasteiger partial charge in [-0.15, -0.1) is 0 Å². The molecule has 1 N–H and O–H groups in total. The highest BCUT2D eigenvalue weighted by Gasteiger charge is 2.24. The molecule has 0 unspecified atom stereocenters. The molecular formula is C23H31N3O7S. The van der Waals surface area contributed by atoms with Crippen molar-refractivity contribution in [2.24, 2.45) is 0 Å². The van der Waals surface area contributed by atoms with Gasteiger partial charge in [-0.05, 0) is 36.6 Å². The smallest absolute Gasteiger partial charge is 0.271 e. The molecule has 0 saturated carbocycles. The fourth-order valence-corrected chi connectivity index (χ4v) is 4.28. The number of hydrogen-bond acceptors (Lipinski definition) is 7. The van der Waals surface area contributed by atoms with E-state index < -0.39 is 14.9 Å². The van der Waals surface area contributed by atoms with Crippen LogP contribution in [0, 0.1) is 10.1 Å². The SMILES string of the molecule is CCCc1ccc(OCCNC(=O)CCCN(c2cc([N+](=O)[O-])ccc2OC)S(C)(=O)=O)cc1. The molecule has 0 heterocycles. The lowest BCUT2D eigenvalue weighted by atomic mass is 10.1. The van der Waals surface area contributed by atoms with Crippen molar-refractivity contribution in [2.45, 2.75) is 32.6 Å². The van der Waals surface area contributed by atoms with E-state index in [9.17, 15) is 23.3 Å². The van der Waals surface area contributed by atoms with Crippen molar-refractivity contribution in [3.8, 4) is 11.5 Å². The van der Waals surface area contributed by atoms with E-state index in [-0.39, 0.29) is 42.4 Å². The number of non-ortho nitro benzene ring substituents is 1. The Morgan fingerprint density at radius 1 is 1.18 bits per heavy atom. The Balaban J connectivity index is 1.86. The van der Waals surface area contributed by atoms with Crippen molar-refractivity contribution >= 4 is 27.3 Å². The summed E-state index contributed by atoms with van der Waals surface area (Å²) in [7, 11) is -2.42. The van der Waals surface area contributed by atoms with Crippen LogP contribution >= 0.6 is 0 Å². The highest BCUT2D eigenvalue weighted by atomic mass is 32.2. The highest BCUT2D eigenvalue weighted by Crippen LogP contribution is 2.33. The lowest BCUT2D eigenvalue weighted by molar-refractivity contribution is -0.384. The number of carbonyl (C=O) groups excluding carboxylic acids is 1. The summed E-state index contributed by atoms with van der Waals surface area (Å²) in [5.74, 6) is 0.658. The predicted molar refractivity (Wildman–Crippen MR) is 130 cm³/mol. The third-order valence-corrected chi connectivity index (χ3v) is 6.14. The van der Waals surface area contributed by atoms with E-state index in [1.54, 1.807) is 0 Å². The van der Waals surface area contributed by atoms with Gasteiger partial charge in [-0.3, -0.25) is 19.2 Å². The summed E-state index contributed by atoms with van der Waals surface area (Å²) in [6.45, 7) is 2.70. The number of carbonyl (C=O) groups is 1. The van der Waals surface area contributed by atoms with Crippen molar-refractivity contribution in [1.82, 2.24) is 5.32 Å². The van der Waals surface area contributed by atoms with Gasteiger partial charge in [0.1, 0.15) is 23.8 Å². The van der Waals surface area contributed by atoms with Crippen LogP contribution in [0.2, 0.25) is 0 Å². The maximum atomic E-state index is 12.3. The number of sulfonamides is 1. The number of nitrogens with zero attached hydrogens (tertiary/aromatic N) is 2. The molecule has 0 aliphatic carbocycles. The minimum absolute atomic E-state index is 0.0373. The van der Waals surface area contributed by atoms with Gasteiger partial charge in [0, 0.05) is 25.1 Å². The predicted octanol–water partition coefficient (Wildman–Crippen LogP) is 3.30. The molecule has 0 bridgehead atoms. The molecule has 2 aromatic rings. The first-order valence-electron chi connectivity index (χ1n) is 10.9. The summed E-state index contributed by atoms with van der Waals surface area (Å²) >= 11 is 0. The summed E-state index contributed by atoms with van der Waals surface area (Å²) in [4.78, 5) is 22.7. The number of hydrogen-bond donors (Lipinski definition) is 1. The third-order valence-electron chi connectivity index (χ3n) is 4.96. The minimum atomic E-state index is -3.77. The summed E-state index contributed by atoms with van der Waals surface area (Å²) in [5.41, 5.74) is 1.04. The van der Waals surface area contributed by atoms with Crippen LogP contribution in [0.3, 0.4) is 0 Å². The number of nitro benzene ring substituents is 1. The van der Waals surface area contributed by atoms with Crippen molar-refractivity contribution in [1.29, 1.82) is 0 Å². The van der Waals surface area contributed by atoms with Crippen LogP contribution in [0.25, 0.3) is 0 Å². The summed E-state index contributed by atoms with van der Waals surface area (Å²) < 4.78 is 36.5. The Hall–Kier alpha value is -3.34. The molecule has 0 radical (unpaired) electrons. The van der Waals surface area contributed by atoms with Crippen molar-refractivity contribution < 1.29 is 27.6 Å². The Labute approximate surface area is 200 Å². The van der Waals surface area contributed by atoms with Crippen LogP contribution in [0.5, 0.6) is 11.5 Å². The second kappa shape index (κ2) is 12.8. The lowest BCUT2D eigenvalue weighted by Crippen LogP contribution is -2.33. The van der Waals surface area contributed by atoms with Gasteiger partial charge in [-0.2, -0.15) is 0 Å². The Kier molecular flexibility index (Phi) is 10.1. The summed E-state index contributed by atoms with van der Waals surface area (Å²) in [5, 5.41) is 13.9. The second-order valence-corrected chi connectivity index (χ2v) is 9.55. The average molecular weight is 494 g/mol. The molecule has 0 atom stereocenters. The van der Waals surface area contributed by atoms with Crippen LogP contribution < -0.4 is 19.1 Å². The van der Waals surface area contributed by atoms with Crippen molar-refractivity contribution in [3.63, 3.8) is 0 Å². The second-order valence-electron chi connectivity index (χ2n) is 7.64. The molecule has 11 heteroatoms. The molecule has 10 nitrogen and oxygen atoms in total. The summed E-state index contributed by atoms with van der Waals surface area (Å²) in [6.07, 6.45) is 3.38. The van der Waals surface area contributed by atoms with E-state index in [0.29, 0.717) is 13.2 Å². The Morgan fingerprint density at radius 3 is 2.47 bits per heavy atom. The van der Waals surface area contributed by atoms with Crippen LogP contribution in [-0.4, -0.2) is 52.3 Å². The number of aryl methyl sites for hydroxylation is 1. The van der Waals surface area contributed by atoms with Crippen LogP contribution in [0.15, 0.2) is 42.5 Å².